The third-order valence-corrected chi connectivity index (χ3v) is 7.24. The fourth-order valence-corrected chi connectivity index (χ4v) is 5.08. The molecule has 0 radical (unpaired) electrons. The highest BCUT2D eigenvalue weighted by molar-refractivity contribution is 7.72. The van der Waals surface area contributed by atoms with Gasteiger partial charge in [-0.05, 0) is 48.9 Å². The van der Waals surface area contributed by atoms with E-state index < -0.39 is 29.3 Å². The maximum absolute atomic E-state index is 12.2. The van der Waals surface area contributed by atoms with Gasteiger partial charge in [-0.3, -0.25) is 9.59 Å². The van der Waals surface area contributed by atoms with E-state index in [2.05, 4.69) is 0 Å². The molecule has 0 aliphatic heterocycles. The molecule has 0 saturated heterocycles. The van der Waals surface area contributed by atoms with Crippen LogP contribution in [0.5, 0.6) is 5.75 Å². The first kappa shape index (κ1) is 23.5. The summed E-state index contributed by atoms with van der Waals surface area (Å²) in [5.74, 6) is -2.82. The topological polar surface area (TPSA) is 123 Å². The van der Waals surface area contributed by atoms with Gasteiger partial charge in [-0.15, -0.1) is 0 Å². The van der Waals surface area contributed by atoms with Crippen LogP contribution in [0.4, 0.5) is 0 Å². The van der Waals surface area contributed by atoms with Crippen molar-refractivity contribution in [1.29, 1.82) is 0 Å². The Bertz CT molecular complexity index is 1320. The number of carbonyl (C=O) groups is 2. The van der Waals surface area contributed by atoms with Gasteiger partial charge in [-0.2, -0.15) is 0 Å². The number of hydrogen-bond acceptors (Lipinski definition) is 6. The minimum Gasteiger partial charge on any atom is -0.490 e. The molecule has 174 valence electrons. The van der Waals surface area contributed by atoms with Crippen LogP contribution in [-0.2, 0) is 16.0 Å². The van der Waals surface area contributed by atoms with Crippen LogP contribution in [0.1, 0.15) is 31.7 Å². The van der Waals surface area contributed by atoms with Crippen molar-refractivity contribution in [3.05, 3.63) is 45.4 Å². The van der Waals surface area contributed by atoms with Crippen molar-refractivity contribution >= 4 is 57.7 Å². The summed E-state index contributed by atoms with van der Waals surface area (Å²) in [5.41, 5.74) is 6.17. The number of carboxylic acids is 2. The third-order valence-electron chi connectivity index (χ3n) is 6.39. The van der Waals surface area contributed by atoms with Crippen molar-refractivity contribution in [2.24, 2.45) is 17.6 Å². The second kappa shape index (κ2) is 8.93. The van der Waals surface area contributed by atoms with Gasteiger partial charge in [0.1, 0.15) is 11.1 Å². The number of aliphatic carboxylic acids is 2. The maximum Gasteiger partial charge on any atom is 0.324 e. The maximum atomic E-state index is 12.2. The van der Waals surface area contributed by atoms with Crippen molar-refractivity contribution < 1.29 is 29.0 Å². The van der Waals surface area contributed by atoms with E-state index in [0.717, 1.165) is 6.42 Å². The minimum absolute atomic E-state index is 0.0990. The molecule has 1 fully saturated rings. The minimum atomic E-state index is -1.68. The van der Waals surface area contributed by atoms with E-state index in [1.165, 1.54) is 0 Å². The van der Waals surface area contributed by atoms with Crippen molar-refractivity contribution in [3.63, 3.8) is 0 Å². The lowest BCUT2D eigenvalue weighted by molar-refractivity contribution is -0.155. The largest absolute Gasteiger partial charge is 0.490 e. The summed E-state index contributed by atoms with van der Waals surface area (Å²) in [6, 6.07) is 8.98. The Morgan fingerprint density at radius 1 is 1.30 bits per heavy atom. The van der Waals surface area contributed by atoms with Crippen molar-refractivity contribution in [1.82, 2.24) is 0 Å². The lowest BCUT2D eigenvalue weighted by Crippen LogP contribution is -2.60. The number of para-hydroxylation sites is 1. The molecule has 1 aromatic heterocycles. The second-order valence-corrected chi connectivity index (χ2v) is 9.34. The van der Waals surface area contributed by atoms with Gasteiger partial charge < -0.3 is 25.1 Å². The first-order valence-corrected chi connectivity index (χ1v) is 11.5. The zero-order chi connectivity index (χ0) is 23.9. The average molecular weight is 490 g/mol. The molecule has 4 rings (SSSR count). The summed E-state index contributed by atoms with van der Waals surface area (Å²) in [4.78, 5) is 23.4. The van der Waals surface area contributed by atoms with E-state index in [1.807, 2.05) is 25.1 Å². The Morgan fingerprint density at radius 2 is 2.00 bits per heavy atom. The molecule has 0 amide bonds. The van der Waals surface area contributed by atoms with Gasteiger partial charge in [-0.25, -0.2) is 0 Å². The van der Waals surface area contributed by atoms with E-state index in [0.29, 0.717) is 44.4 Å². The number of carboxylic acid groups (broad SMARTS) is 2. The highest BCUT2D eigenvalue weighted by atomic mass is 35.5. The van der Waals surface area contributed by atoms with Crippen LogP contribution in [-0.4, -0.2) is 34.3 Å². The summed E-state index contributed by atoms with van der Waals surface area (Å²) >= 11 is 12.5. The van der Waals surface area contributed by atoms with E-state index in [1.54, 1.807) is 12.1 Å². The smallest absolute Gasteiger partial charge is 0.324 e. The second-order valence-electron chi connectivity index (χ2n) is 8.55. The zero-order valence-corrected chi connectivity index (χ0v) is 19.5. The molecule has 0 spiro atoms. The van der Waals surface area contributed by atoms with Crippen LogP contribution in [0.25, 0.3) is 21.9 Å². The van der Waals surface area contributed by atoms with Gasteiger partial charge in [0.25, 0.3) is 0 Å². The van der Waals surface area contributed by atoms with E-state index >= 15 is 0 Å². The number of rotatable bonds is 8. The van der Waals surface area contributed by atoms with Gasteiger partial charge in [0.05, 0.1) is 27.4 Å². The van der Waals surface area contributed by atoms with E-state index in [9.17, 15) is 19.8 Å². The van der Waals surface area contributed by atoms with Crippen LogP contribution in [0.2, 0.25) is 5.02 Å². The van der Waals surface area contributed by atoms with Crippen LogP contribution < -0.4 is 10.5 Å². The molecule has 1 aliphatic carbocycles. The van der Waals surface area contributed by atoms with Crippen LogP contribution >= 0.6 is 23.8 Å². The molecule has 1 unspecified atom stereocenters. The van der Waals surface area contributed by atoms with Crippen LogP contribution in [0.3, 0.4) is 0 Å². The first-order valence-electron chi connectivity index (χ1n) is 10.7. The number of hydrogen-bond donors (Lipinski definition) is 3. The summed E-state index contributed by atoms with van der Waals surface area (Å²) in [6.45, 7) is 2.38. The van der Waals surface area contributed by atoms with Gasteiger partial charge >= 0.3 is 11.9 Å². The van der Waals surface area contributed by atoms with Gasteiger partial charge in [0.15, 0.2) is 11.3 Å². The van der Waals surface area contributed by atoms with Crippen molar-refractivity contribution in [2.75, 3.05) is 6.61 Å². The highest BCUT2D eigenvalue weighted by Gasteiger charge is 2.51. The molecule has 0 bridgehead atoms. The molecular weight excluding hydrogens is 466 g/mol. The normalized spacial score (nSPS) is 19.7. The number of ether oxygens (including phenoxy) is 1. The van der Waals surface area contributed by atoms with E-state index in [4.69, 9.17) is 38.7 Å². The summed E-state index contributed by atoms with van der Waals surface area (Å²) in [7, 11) is 0. The quantitative estimate of drug-likeness (QED) is 0.291. The lowest BCUT2D eigenvalue weighted by atomic mass is 9.63. The standard InChI is InChI=1S/C24H24ClNO6S/c1-2-7-31-17-10-13(11-24(26,23(29)30)14-8-12(9-14)22(27)28)19(25)18-20(17)32-16-6-4-3-5-15(16)21(18)33/h3-6,10,12,14H,2,7-9,11,26H2,1H3,(H,27,28)(H,29,30)/t12-,14+,24?. The first-order chi connectivity index (χ1) is 15.7. The predicted octanol–water partition coefficient (Wildman–Crippen LogP) is 5.19. The Kier molecular flexibility index (Phi) is 6.35. The Balaban J connectivity index is 1.86. The Morgan fingerprint density at radius 3 is 2.64 bits per heavy atom. The number of benzene rings is 2. The van der Waals surface area contributed by atoms with Crippen LogP contribution in [0, 0.1) is 16.3 Å². The summed E-state index contributed by atoms with van der Waals surface area (Å²) < 4.78 is 12.5. The Hall–Kier alpha value is -2.68. The Labute approximate surface area is 200 Å². The van der Waals surface area contributed by atoms with Crippen molar-refractivity contribution in [3.8, 4) is 5.75 Å². The van der Waals surface area contributed by atoms with Gasteiger partial charge in [0, 0.05) is 11.8 Å². The monoisotopic (exact) mass is 489 g/mol. The molecule has 9 heteroatoms. The summed E-state index contributed by atoms with van der Waals surface area (Å²) in [5, 5.41) is 20.6. The third kappa shape index (κ3) is 4.07. The van der Waals surface area contributed by atoms with Crippen molar-refractivity contribution in [2.45, 2.75) is 38.1 Å². The number of halogens is 1. The molecule has 1 aliphatic rings. The zero-order valence-electron chi connectivity index (χ0n) is 18.0. The molecule has 2 aromatic carbocycles. The summed E-state index contributed by atoms with van der Waals surface area (Å²) in [6.07, 6.45) is 1.06. The fraction of sp³-hybridized carbons (Fsp3) is 0.375. The molecule has 4 N–H and O–H groups in total. The molecule has 1 atom stereocenters. The highest BCUT2D eigenvalue weighted by Crippen LogP contribution is 2.44. The molecule has 33 heavy (non-hydrogen) atoms. The fourth-order valence-electron chi connectivity index (χ4n) is 4.36. The predicted molar refractivity (Wildman–Crippen MR) is 127 cm³/mol. The van der Waals surface area contributed by atoms with Gasteiger partial charge in [-0.1, -0.05) is 42.9 Å². The van der Waals surface area contributed by atoms with Gasteiger partial charge in [0.2, 0.25) is 0 Å². The number of fused-ring (bicyclic) bond motifs is 2. The number of nitrogens with two attached hydrogens (primary N) is 1. The molecular formula is C24H24ClNO6S. The molecule has 1 heterocycles. The SMILES string of the molecule is CCCOc1cc(CC(N)(C(=O)O)[C@H]2C[C@@H](C(=O)O)C2)c(Cl)c2c(=S)c3ccccc3oc12. The lowest BCUT2D eigenvalue weighted by Gasteiger charge is -2.43. The van der Waals surface area contributed by atoms with E-state index in [-0.39, 0.29) is 24.3 Å². The molecule has 3 aromatic rings. The molecule has 1 saturated carbocycles. The van der Waals surface area contributed by atoms with Crippen LogP contribution in [0.15, 0.2) is 34.7 Å². The average Bonchev–Trinajstić information content (AvgIpc) is 2.73. The molecule has 7 nitrogen and oxygen atoms in total.